The number of hydrogen-bond donors (Lipinski definition) is 1. The van der Waals surface area contributed by atoms with Crippen LogP contribution in [0.15, 0.2) is 71.6 Å². The Morgan fingerprint density at radius 2 is 1.62 bits per heavy atom. The van der Waals surface area contributed by atoms with Gasteiger partial charge in [0.25, 0.3) is 0 Å². The quantitative estimate of drug-likeness (QED) is 0.443. The first-order chi connectivity index (χ1) is 18.6. The Balaban J connectivity index is 1.56. The van der Waals surface area contributed by atoms with Gasteiger partial charge in [-0.15, -0.1) is 0 Å². The average molecular weight is 587 g/mol. The van der Waals surface area contributed by atoms with Crippen LogP contribution in [0.3, 0.4) is 0 Å². The Labute approximate surface area is 240 Å². The Morgan fingerprint density at radius 3 is 2.33 bits per heavy atom. The monoisotopic (exact) mass is 585 g/mol. The molecule has 2 saturated heterocycles. The second-order valence-electron chi connectivity index (χ2n) is 10.4. The highest BCUT2D eigenvalue weighted by molar-refractivity contribution is 7.93. The smallest absolute Gasteiger partial charge is 0.246 e. The molecule has 1 N–H and O–H groups in total. The zero-order valence-corrected chi connectivity index (χ0v) is 24.5. The SMILES string of the molecule is Cc1ccccc1[C@H]1CCNC[C@@]1(C(=O)N1CCN(c2cc(Cl)ccc2C)CC1)S(=O)(=O)c1cccc(Cl)c1. The van der Waals surface area contributed by atoms with Crippen molar-refractivity contribution in [2.45, 2.75) is 35.8 Å². The van der Waals surface area contributed by atoms with Gasteiger partial charge in [0.05, 0.1) is 4.90 Å². The van der Waals surface area contributed by atoms with Gasteiger partial charge in [-0.05, 0) is 73.8 Å². The summed E-state index contributed by atoms with van der Waals surface area (Å²) in [5, 5.41) is 4.25. The lowest BCUT2D eigenvalue weighted by Crippen LogP contribution is -2.66. The van der Waals surface area contributed by atoms with Crippen LogP contribution in [0.5, 0.6) is 0 Å². The second-order valence-corrected chi connectivity index (χ2v) is 13.5. The maximum absolute atomic E-state index is 14.7. The molecule has 2 aliphatic heterocycles. The highest BCUT2D eigenvalue weighted by Crippen LogP contribution is 2.45. The van der Waals surface area contributed by atoms with Crippen LogP contribution >= 0.6 is 23.2 Å². The topological polar surface area (TPSA) is 69.7 Å². The molecule has 9 heteroatoms. The van der Waals surface area contributed by atoms with Crippen LogP contribution in [-0.4, -0.2) is 63.2 Å². The number of aryl methyl sites for hydroxylation is 2. The van der Waals surface area contributed by atoms with Crippen molar-refractivity contribution in [3.63, 3.8) is 0 Å². The number of carbonyl (C=O) groups excluding carboxylic acids is 1. The Kier molecular flexibility index (Phi) is 7.98. The van der Waals surface area contributed by atoms with Gasteiger partial charge in [0, 0.05) is 54.4 Å². The van der Waals surface area contributed by atoms with Gasteiger partial charge in [-0.2, -0.15) is 0 Å². The van der Waals surface area contributed by atoms with Crippen molar-refractivity contribution >= 4 is 44.6 Å². The molecule has 0 bridgehead atoms. The number of nitrogens with one attached hydrogen (secondary N) is 1. The van der Waals surface area contributed by atoms with Gasteiger partial charge >= 0.3 is 0 Å². The largest absolute Gasteiger partial charge is 0.368 e. The van der Waals surface area contributed by atoms with E-state index in [0.717, 1.165) is 22.4 Å². The summed E-state index contributed by atoms with van der Waals surface area (Å²) < 4.78 is 27.6. The van der Waals surface area contributed by atoms with Gasteiger partial charge in [-0.1, -0.05) is 59.6 Å². The van der Waals surface area contributed by atoms with Gasteiger partial charge in [0.15, 0.2) is 14.6 Å². The molecule has 0 spiro atoms. The lowest BCUT2D eigenvalue weighted by atomic mass is 9.77. The van der Waals surface area contributed by atoms with Gasteiger partial charge in [0.1, 0.15) is 0 Å². The number of nitrogens with zero attached hydrogens (tertiary/aromatic N) is 2. The number of amides is 1. The van der Waals surface area contributed by atoms with Crippen molar-refractivity contribution in [1.82, 2.24) is 10.2 Å². The summed E-state index contributed by atoms with van der Waals surface area (Å²) >= 11 is 12.5. The van der Waals surface area contributed by atoms with Crippen molar-refractivity contribution in [2.75, 3.05) is 44.2 Å². The van der Waals surface area contributed by atoms with E-state index in [-0.39, 0.29) is 17.3 Å². The molecule has 0 saturated carbocycles. The van der Waals surface area contributed by atoms with Crippen molar-refractivity contribution in [3.8, 4) is 0 Å². The maximum atomic E-state index is 14.7. The first-order valence-corrected chi connectivity index (χ1v) is 15.5. The van der Waals surface area contributed by atoms with Crippen molar-refractivity contribution in [2.24, 2.45) is 0 Å². The third-order valence-corrected chi connectivity index (χ3v) is 11.1. The number of piperazine rings is 1. The number of carbonyl (C=O) groups is 1. The van der Waals surface area contributed by atoms with E-state index in [1.54, 1.807) is 23.1 Å². The Hall–Kier alpha value is -2.58. The molecule has 6 nitrogen and oxygen atoms in total. The maximum Gasteiger partial charge on any atom is 0.246 e. The molecule has 2 fully saturated rings. The van der Waals surface area contributed by atoms with Crippen LogP contribution in [0.4, 0.5) is 5.69 Å². The van der Waals surface area contributed by atoms with Crippen LogP contribution in [0.2, 0.25) is 10.0 Å². The fourth-order valence-electron chi connectivity index (χ4n) is 6.07. The van der Waals surface area contributed by atoms with Gasteiger partial charge in [-0.25, -0.2) is 8.42 Å². The zero-order valence-electron chi connectivity index (χ0n) is 22.2. The minimum absolute atomic E-state index is 0.0350. The Bertz CT molecular complexity index is 1490. The van der Waals surface area contributed by atoms with Gasteiger partial charge in [0.2, 0.25) is 5.91 Å². The molecule has 3 aromatic rings. The van der Waals surface area contributed by atoms with E-state index in [0.29, 0.717) is 49.2 Å². The molecule has 0 aliphatic carbocycles. The van der Waals surface area contributed by atoms with E-state index >= 15 is 0 Å². The molecule has 5 rings (SSSR count). The minimum atomic E-state index is -4.16. The number of rotatable bonds is 5. The van der Waals surface area contributed by atoms with E-state index in [4.69, 9.17) is 23.2 Å². The van der Waals surface area contributed by atoms with E-state index in [9.17, 15) is 13.2 Å². The molecule has 39 heavy (non-hydrogen) atoms. The van der Waals surface area contributed by atoms with E-state index in [2.05, 4.69) is 10.2 Å². The molecule has 0 aromatic heterocycles. The summed E-state index contributed by atoms with van der Waals surface area (Å²) in [5.74, 6) is -0.866. The van der Waals surface area contributed by atoms with Crippen LogP contribution < -0.4 is 10.2 Å². The van der Waals surface area contributed by atoms with E-state index in [1.807, 2.05) is 56.3 Å². The first-order valence-electron chi connectivity index (χ1n) is 13.2. The number of halogens is 2. The van der Waals surface area contributed by atoms with E-state index in [1.165, 1.54) is 6.07 Å². The summed E-state index contributed by atoms with van der Waals surface area (Å²) in [5.41, 5.74) is 4.01. The zero-order chi connectivity index (χ0) is 27.8. The second kappa shape index (κ2) is 11.1. The predicted molar refractivity (Wildman–Crippen MR) is 158 cm³/mol. The van der Waals surface area contributed by atoms with Crippen molar-refractivity contribution in [3.05, 3.63) is 93.5 Å². The molecule has 0 unspecified atom stereocenters. The lowest BCUT2D eigenvalue weighted by Gasteiger charge is -2.47. The summed E-state index contributed by atoms with van der Waals surface area (Å²) in [4.78, 5) is 18.7. The molecule has 0 radical (unpaired) electrons. The summed E-state index contributed by atoms with van der Waals surface area (Å²) in [7, 11) is -4.16. The summed E-state index contributed by atoms with van der Waals surface area (Å²) in [6.07, 6.45) is 0.526. The number of sulfone groups is 1. The number of piperidine rings is 1. The number of hydrogen-bond acceptors (Lipinski definition) is 5. The molecule has 2 aliphatic rings. The molecule has 2 atom stereocenters. The summed E-state index contributed by atoms with van der Waals surface area (Å²) in [6, 6.07) is 19.8. The molecule has 2 heterocycles. The van der Waals surface area contributed by atoms with Gasteiger partial charge in [-0.3, -0.25) is 4.79 Å². The van der Waals surface area contributed by atoms with Crippen LogP contribution in [0.1, 0.15) is 29.0 Å². The molecule has 206 valence electrons. The fraction of sp³-hybridized carbons (Fsp3) is 0.367. The normalized spacial score (nSPS) is 22.1. The van der Waals surface area contributed by atoms with Crippen LogP contribution in [0.25, 0.3) is 0 Å². The molecular formula is C30H33Cl2N3O3S. The average Bonchev–Trinajstić information content (AvgIpc) is 2.94. The highest BCUT2D eigenvalue weighted by Gasteiger charge is 2.59. The first kappa shape index (κ1) is 28.0. The standard InChI is InChI=1S/C30H33Cl2N3O3S/c1-21-6-3-4-9-26(21)27-12-13-33-20-30(27,39(37,38)25-8-5-7-23(31)18-25)29(36)35-16-14-34(15-17-35)28-19-24(32)11-10-22(28)2/h3-11,18-19,27,33H,12-17,20H2,1-2H3/t27-,30-/m1/s1. The van der Waals surface area contributed by atoms with Crippen LogP contribution in [-0.2, 0) is 14.6 Å². The minimum Gasteiger partial charge on any atom is -0.368 e. The number of anilines is 1. The van der Waals surface area contributed by atoms with Crippen LogP contribution in [0, 0.1) is 13.8 Å². The van der Waals surface area contributed by atoms with Crippen molar-refractivity contribution in [1.29, 1.82) is 0 Å². The fourth-order valence-corrected chi connectivity index (χ4v) is 8.72. The third-order valence-electron chi connectivity index (χ3n) is 8.15. The Morgan fingerprint density at radius 1 is 0.897 bits per heavy atom. The summed E-state index contributed by atoms with van der Waals surface area (Å²) in [6.45, 7) is 6.68. The molecule has 1 amide bonds. The molecule has 3 aromatic carbocycles. The predicted octanol–water partition coefficient (Wildman–Crippen LogP) is 5.25. The van der Waals surface area contributed by atoms with Gasteiger partial charge < -0.3 is 15.1 Å². The highest BCUT2D eigenvalue weighted by atomic mass is 35.5. The molecular weight excluding hydrogens is 553 g/mol. The number of benzene rings is 3. The lowest BCUT2D eigenvalue weighted by molar-refractivity contribution is -0.135. The van der Waals surface area contributed by atoms with E-state index < -0.39 is 20.5 Å². The third kappa shape index (κ3) is 5.06. The van der Waals surface area contributed by atoms with Crippen molar-refractivity contribution < 1.29 is 13.2 Å².